The fourth-order valence-corrected chi connectivity index (χ4v) is 2.40. The van der Waals surface area contributed by atoms with Gasteiger partial charge in [0.1, 0.15) is 23.9 Å². The van der Waals surface area contributed by atoms with E-state index in [1.807, 2.05) is 30.3 Å². The molecule has 3 aromatic rings. The molecule has 0 spiro atoms. The number of hydrazine groups is 1. The molecule has 0 saturated heterocycles. The van der Waals surface area contributed by atoms with Crippen molar-refractivity contribution in [3.63, 3.8) is 0 Å². The first kappa shape index (κ1) is 19.9. The molecule has 148 valence electrons. The molecule has 0 fully saturated rings. The fourth-order valence-electron chi connectivity index (χ4n) is 2.40. The SMILES string of the molecule is O=C(COc1ccc(OCc2ccccc2)cc1)NNC(=O)c1ccccc1F. The number of benzene rings is 3. The van der Waals surface area contributed by atoms with Gasteiger partial charge in [0, 0.05) is 0 Å². The third-order valence-corrected chi connectivity index (χ3v) is 3.88. The summed E-state index contributed by atoms with van der Waals surface area (Å²) in [5.41, 5.74) is 5.20. The van der Waals surface area contributed by atoms with Gasteiger partial charge in [-0.3, -0.25) is 20.4 Å². The Morgan fingerprint density at radius 3 is 2.07 bits per heavy atom. The van der Waals surface area contributed by atoms with Crippen LogP contribution in [-0.4, -0.2) is 18.4 Å². The Bertz CT molecular complexity index is 962. The number of carbonyl (C=O) groups excluding carboxylic acids is 2. The maximum atomic E-state index is 13.5. The molecule has 3 rings (SSSR count). The summed E-state index contributed by atoms with van der Waals surface area (Å²) >= 11 is 0. The van der Waals surface area contributed by atoms with E-state index in [0.717, 1.165) is 11.6 Å². The normalized spacial score (nSPS) is 10.1. The molecule has 0 bridgehead atoms. The van der Waals surface area contributed by atoms with Crippen molar-refractivity contribution in [1.82, 2.24) is 10.9 Å². The minimum atomic E-state index is -0.753. The van der Waals surface area contributed by atoms with Crippen molar-refractivity contribution in [1.29, 1.82) is 0 Å². The Labute approximate surface area is 167 Å². The van der Waals surface area contributed by atoms with Gasteiger partial charge in [0.05, 0.1) is 5.56 Å². The number of halogens is 1. The minimum Gasteiger partial charge on any atom is -0.489 e. The zero-order chi connectivity index (χ0) is 20.5. The largest absolute Gasteiger partial charge is 0.489 e. The molecule has 0 unspecified atom stereocenters. The summed E-state index contributed by atoms with van der Waals surface area (Å²) in [5.74, 6) is -0.879. The van der Waals surface area contributed by atoms with Gasteiger partial charge in [-0.05, 0) is 42.0 Å². The molecule has 0 atom stereocenters. The Balaban J connectivity index is 1.41. The second-order valence-corrected chi connectivity index (χ2v) is 6.02. The van der Waals surface area contributed by atoms with E-state index in [1.54, 1.807) is 24.3 Å². The van der Waals surface area contributed by atoms with Crippen molar-refractivity contribution in [2.45, 2.75) is 6.61 Å². The van der Waals surface area contributed by atoms with Gasteiger partial charge in [0.15, 0.2) is 6.61 Å². The highest BCUT2D eigenvalue weighted by molar-refractivity contribution is 5.95. The minimum absolute atomic E-state index is 0.167. The first-order chi connectivity index (χ1) is 14.1. The van der Waals surface area contributed by atoms with Crippen LogP contribution in [0.2, 0.25) is 0 Å². The summed E-state index contributed by atoms with van der Waals surface area (Å²) in [6.45, 7) is 0.132. The van der Waals surface area contributed by atoms with Gasteiger partial charge >= 0.3 is 0 Å². The molecule has 0 aromatic heterocycles. The summed E-state index contributed by atoms with van der Waals surface area (Å²) < 4.78 is 24.5. The molecule has 2 N–H and O–H groups in total. The van der Waals surface area contributed by atoms with Crippen LogP contribution in [0.15, 0.2) is 78.9 Å². The number of amides is 2. The molecule has 2 amide bonds. The van der Waals surface area contributed by atoms with E-state index in [2.05, 4.69) is 10.9 Å². The van der Waals surface area contributed by atoms with E-state index in [9.17, 15) is 14.0 Å². The summed E-state index contributed by atoms with van der Waals surface area (Å²) in [4.78, 5) is 23.6. The molecular formula is C22H19FN2O4. The molecule has 7 heteroatoms. The lowest BCUT2D eigenvalue weighted by Crippen LogP contribution is -2.44. The van der Waals surface area contributed by atoms with Crippen LogP contribution in [0.5, 0.6) is 11.5 Å². The summed E-state index contributed by atoms with van der Waals surface area (Å²) in [6, 6.07) is 22.1. The second-order valence-electron chi connectivity index (χ2n) is 6.02. The van der Waals surface area contributed by atoms with Gasteiger partial charge < -0.3 is 9.47 Å². The molecule has 0 heterocycles. The predicted molar refractivity (Wildman–Crippen MR) is 105 cm³/mol. The monoisotopic (exact) mass is 394 g/mol. The van der Waals surface area contributed by atoms with E-state index in [1.165, 1.54) is 18.2 Å². The lowest BCUT2D eigenvalue weighted by atomic mass is 10.2. The van der Waals surface area contributed by atoms with Crippen molar-refractivity contribution in [3.8, 4) is 11.5 Å². The van der Waals surface area contributed by atoms with Crippen LogP contribution < -0.4 is 20.3 Å². The molecule has 3 aromatic carbocycles. The second kappa shape index (κ2) is 9.89. The Morgan fingerprint density at radius 2 is 1.38 bits per heavy atom. The van der Waals surface area contributed by atoms with Gasteiger partial charge in [-0.2, -0.15) is 0 Å². The first-order valence-corrected chi connectivity index (χ1v) is 8.85. The standard InChI is InChI=1S/C22H19FN2O4/c23-20-9-5-4-8-19(20)22(27)25-24-21(26)15-29-18-12-10-17(11-13-18)28-14-16-6-2-1-3-7-16/h1-13H,14-15H2,(H,24,26)(H,25,27). The van der Waals surface area contributed by atoms with Crippen LogP contribution in [0.3, 0.4) is 0 Å². The molecule has 0 saturated carbocycles. The smallest absolute Gasteiger partial charge is 0.276 e. The molecule has 6 nitrogen and oxygen atoms in total. The number of carbonyl (C=O) groups is 2. The highest BCUT2D eigenvalue weighted by atomic mass is 19.1. The zero-order valence-electron chi connectivity index (χ0n) is 15.4. The number of hydrogen-bond acceptors (Lipinski definition) is 4. The van der Waals surface area contributed by atoms with E-state index in [4.69, 9.17) is 9.47 Å². The van der Waals surface area contributed by atoms with Crippen LogP contribution in [0.4, 0.5) is 4.39 Å². The quantitative estimate of drug-likeness (QED) is 0.603. The first-order valence-electron chi connectivity index (χ1n) is 8.85. The highest BCUT2D eigenvalue weighted by Crippen LogP contribution is 2.18. The van der Waals surface area contributed by atoms with Crippen molar-refractivity contribution < 1.29 is 23.5 Å². The average molecular weight is 394 g/mol. The van der Waals surface area contributed by atoms with Crippen LogP contribution in [0.1, 0.15) is 15.9 Å². The van der Waals surface area contributed by atoms with E-state index < -0.39 is 17.6 Å². The molecule has 0 radical (unpaired) electrons. The maximum Gasteiger partial charge on any atom is 0.276 e. The average Bonchev–Trinajstić information content (AvgIpc) is 2.76. The van der Waals surface area contributed by atoms with E-state index in [-0.39, 0.29) is 12.2 Å². The Hall–Kier alpha value is -3.87. The van der Waals surface area contributed by atoms with E-state index in [0.29, 0.717) is 18.1 Å². The van der Waals surface area contributed by atoms with Crippen molar-refractivity contribution in [2.24, 2.45) is 0 Å². The van der Waals surface area contributed by atoms with Crippen LogP contribution in [0.25, 0.3) is 0 Å². The number of hydrogen-bond donors (Lipinski definition) is 2. The van der Waals surface area contributed by atoms with Gasteiger partial charge in [-0.1, -0.05) is 42.5 Å². The Morgan fingerprint density at radius 1 is 0.759 bits per heavy atom. The summed E-state index contributed by atoms with van der Waals surface area (Å²) in [5, 5.41) is 0. The molecular weight excluding hydrogens is 375 g/mol. The van der Waals surface area contributed by atoms with Gasteiger partial charge in [0.2, 0.25) is 0 Å². The van der Waals surface area contributed by atoms with Crippen LogP contribution >= 0.6 is 0 Å². The number of nitrogens with one attached hydrogen (secondary N) is 2. The third kappa shape index (κ3) is 6.07. The lowest BCUT2D eigenvalue weighted by Gasteiger charge is -2.10. The number of ether oxygens (including phenoxy) is 2. The molecule has 0 aliphatic heterocycles. The van der Waals surface area contributed by atoms with Gasteiger partial charge in [-0.25, -0.2) is 4.39 Å². The third-order valence-electron chi connectivity index (χ3n) is 3.88. The highest BCUT2D eigenvalue weighted by Gasteiger charge is 2.11. The lowest BCUT2D eigenvalue weighted by molar-refractivity contribution is -0.123. The zero-order valence-corrected chi connectivity index (χ0v) is 15.4. The van der Waals surface area contributed by atoms with Crippen LogP contribution in [-0.2, 0) is 11.4 Å². The number of rotatable bonds is 7. The fraction of sp³-hybridized carbons (Fsp3) is 0.0909. The summed E-state index contributed by atoms with van der Waals surface area (Å²) in [7, 11) is 0. The predicted octanol–water partition coefficient (Wildman–Crippen LogP) is 3.24. The summed E-state index contributed by atoms with van der Waals surface area (Å²) in [6.07, 6.45) is 0. The van der Waals surface area contributed by atoms with Crippen molar-refractivity contribution in [3.05, 3.63) is 95.8 Å². The van der Waals surface area contributed by atoms with Crippen molar-refractivity contribution >= 4 is 11.8 Å². The van der Waals surface area contributed by atoms with Crippen LogP contribution in [0, 0.1) is 5.82 Å². The molecule has 0 aliphatic rings. The van der Waals surface area contributed by atoms with Gasteiger partial charge in [0.25, 0.3) is 11.8 Å². The van der Waals surface area contributed by atoms with Crippen molar-refractivity contribution in [2.75, 3.05) is 6.61 Å². The molecule has 29 heavy (non-hydrogen) atoms. The van der Waals surface area contributed by atoms with E-state index >= 15 is 0 Å². The van der Waals surface area contributed by atoms with Gasteiger partial charge in [-0.15, -0.1) is 0 Å². The topological polar surface area (TPSA) is 76.7 Å². The molecule has 0 aliphatic carbocycles. The Kier molecular flexibility index (Phi) is 6.78. The maximum absolute atomic E-state index is 13.5.